The van der Waals surface area contributed by atoms with Crippen molar-refractivity contribution in [3.63, 3.8) is 0 Å². The summed E-state index contributed by atoms with van der Waals surface area (Å²) in [5.41, 5.74) is 1.62. The molecular weight excluding hydrogens is 498 g/mol. The van der Waals surface area contributed by atoms with E-state index in [1.165, 1.54) is 25.7 Å². The van der Waals surface area contributed by atoms with Crippen molar-refractivity contribution in [3.8, 4) is 0 Å². The molecule has 2 N–H and O–H groups in total. The second-order valence-electron chi connectivity index (χ2n) is 11.3. The van der Waals surface area contributed by atoms with E-state index in [1.54, 1.807) is 12.1 Å². The predicted molar refractivity (Wildman–Crippen MR) is 152 cm³/mol. The molecule has 4 fully saturated rings. The lowest BCUT2D eigenvalue weighted by Crippen LogP contribution is -2.54. The van der Waals surface area contributed by atoms with Crippen molar-refractivity contribution in [2.24, 2.45) is 0 Å². The smallest absolute Gasteiger partial charge is 0.326 e. The first-order chi connectivity index (χ1) is 18.6. The number of piperidine rings is 1. The molecule has 0 radical (unpaired) electrons. The molecule has 0 aromatic heterocycles. The van der Waals surface area contributed by atoms with E-state index in [9.17, 15) is 9.59 Å². The second kappa shape index (κ2) is 11.1. The van der Waals surface area contributed by atoms with Crippen LogP contribution in [0.4, 0.5) is 21.0 Å². The zero-order valence-corrected chi connectivity index (χ0v) is 22.7. The number of urea groups is 2. The number of rotatable bonds is 7. The van der Waals surface area contributed by atoms with Gasteiger partial charge in [-0.1, -0.05) is 42.6 Å². The van der Waals surface area contributed by atoms with Crippen molar-refractivity contribution < 1.29 is 9.59 Å². The van der Waals surface area contributed by atoms with Gasteiger partial charge in [-0.05, 0) is 81.3 Å². The maximum absolute atomic E-state index is 13.3. The lowest BCUT2D eigenvalue weighted by Gasteiger charge is -2.44. The molecule has 7 nitrogen and oxygen atoms in total. The Kier molecular flexibility index (Phi) is 7.48. The van der Waals surface area contributed by atoms with Crippen LogP contribution in [0.25, 0.3) is 0 Å². The van der Waals surface area contributed by atoms with Gasteiger partial charge in [0.1, 0.15) is 0 Å². The number of hydrogen-bond donors (Lipinski definition) is 2. The molecule has 1 aliphatic carbocycles. The summed E-state index contributed by atoms with van der Waals surface area (Å²) >= 11 is 6.01. The summed E-state index contributed by atoms with van der Waals surface area (Å²) in [6.45, 7) is 1.61. The van der Waals surface area contributed by atoms with E-state index in [0.29, 0.717) is 41.8 Å². The van der Waals surface area contributed by atoms with Crippen LogP contribution in [0.15, 0.2) is 54.6 Å². The van der Waals surface area contributed by atoms with Crippen molar-refractivity contribution in [2.75, 3.05) is 23.3 Å². The van der Waals surface area contributed by atoms with Gasteiger partial charge in [0.2, 0.25) is 0 Å². The van der Waals surface area contributed by atoms with Gasteiger partial charge in [-0.15, -0.1) is 0 Å². The summed E-state index contributed by atoms with van der Waals surface area (Å²) < 4.78 is 0. The molecule has 3 saturated heterocycles. The van der Waals surface area contributed by atoms with Crippen LogP contribution in [0.3, 0.4) is 0 Å². The number of hydrogen-bond acceptors (Lipinski definition) is 3. The standard InChI is InChI=1S/C30H38ClN5O2/c31-21-11-13-22(14-12-21)32-29(37)35(23-7-2-1-3-8-23)18-6-17-34-24-15-16-25(34)20-26(19-24)36-28-10-5-4-9-27(28)33-30(36)38/h1-3,7-8,11-14,24-28H,4-6,9-10,15-20H2,(H,32,37)(H,33,38). The molecule has 3 heterocycles. The highest BCUT2D eigenvalue weighted by atomic mass is 35.5. The van der Waals surface area contributed by atoms with E-state index in [2.05, 4.69) is 20.4 Å². The Balaban J connectivity index is 1.07. The summed E-state index contributed by atoms with van der Waals surface area (Å²) in [7, 11) is 0. The van der Waals surface area contributed by atoms with Gasteiger partial charge in [-0.2, -0.15) is 0 Å². The number of carbonyl (C=O) groups excluding carboxylic acids is 2. The highest BCUT2D eigenvalue weighted by Crippen LogP contribution is 2.41. The summed E-state index contributed by atoms with van der Waals surface area (Å²) in [6.07, 6.45) is 10.2. The minimum atomic E-state index is -0.137. The number of benzene rings is 2. The summed E-state index contributed by atoms with van der Waals surface area (Å²) in [6, 6.07) is 19.3. The number of amides is 4. The van der Waals surface area contributed by atoms with Gasteiger partial charge in [-0.3, -0.25) is 9.80 Å². The number of halogens is 1. The first kappa shape index (κ1) is 25.5. The molecule has 6 rings (SSSR count). The molecule has 38 heavy (non-hydrogen) atoms. The average molecular weight is 536 g/mol. The first-order valence-corrected chi connectivity index (χ1v) is 14.7. The lowest BCUT2D eigenvalue weighted by atomic mass is 9.88. The Morgan fingerprint density at radius 2 is 1.66 bits per heavy atom. The fourth-order valence-corrected chi connectivity index (χ4v) is 7.49. The zero-order valence-electron chi connectivity index (χ0n) is 21.9. The number of nitrogens with zero attached hydrogens (tertiary/aromatic N) is 3. The Labute approximate surface area is 230 Å². The van der Waals surface area contributed by atoms with Crippen molar-refractivity contribution in [3.05, 3.63) is 59.6 Å². The molecule has 2 bridgehead atoms. The monoisotopic (exact) mass is 535 g/mol. The molecule has 4 aliphatic rings. The van der Waals surface area contributed by atoms with E-state index in [0.717, 1.165) is 50.0 Å². The number of nitrogens with one attached hydrogen (secondary N) is 2. The topological polar surface area (TPSA) is 67.9 Å². The van der Waals surface area contributed by atoms with E-state index >= 15 is 0 Å². The van der Waals surface area contributed by atoms with Crippen LogP contribution < -0.4 is 15.5 Å². The molecule has 4 atom stereocenters. The van der Waals surface area contributed by atoms with Crippen LogP contribution in [0, 0.1) is 0 Å². The van der Waals surface area contributed by atoms with Gasteiger partial charge < -0.3 is 15.5 Å². The van der Waals surface area contributed by atoms with E-state index in [-0.39, 0.29) is 12.1 Å². The quantitative estimate of drug-likeness (QED) is 0.450. The van der Waals surface area contributed by atoms with Gasteiger partial charge >= 0.3 is 12.1 Å². The molecule has 3 aliphatic heterocycles. The third kappa shape index (κ3) is 5.23. The van der Waals surface area contributed by atoms with E-state index in [1.807, 2.05) is 47.4 Å². The lowest BCUT2D eigenvalue weighted by molar-refractivity contribution is 0.0594. The van der Waals surface area contributed by atoms with Gasteiger partial charge in [0.15, 0.2) is 0 Å². The summed E-state index contributed by atoms with van der Waals surface area (Å²) in [4.78, 5) is 32.9. The average Bonchev–Trinajstić information content (AvgIpc) is 3.38. The normalized spacial score (nSPS) is 28.6. The first-order valence-electron chi connectivity index (χ1n) is 14.3. The van der Waals surface area contributed by atoms with Crippen molar-refractivity contribution in [2.45, 2.75) is 88.0 Å². The molecule has 202 valence electrons. The molecule has 2 aromatic rings. The predicted octanol–water partition coefficient (Wildman–Crippen LogP) is 6.10. The minimum absolute atomic E-state index is 0.137. The van der Waals surface area contributed by atoms with Crippen LogP contribution in [-0.4, -0.2) is 65.2 Å². The summed E-state index contributed by atoms with van der Waals surface area (Å²) in [5.74, 6) is 0. The van der Waals surface area contributed by atoms with Crippen molar-refractivity contribution in [1.82, 2.24) is 15.1 Å². The molecule has 1 saturated carbocycles. The third-order valence-corrected chi connectivity index (χ3v) is 9.34. The molecule has 0 spiro atoms. The van der Waals surface area contributed by atoms with Crippen LogP contribution in [0.2, 0.25) is 5.02 Å². The number of carbonyl (C=O) groups is 2. The Morgan fingerprint density at radius 1 is 0.947 bits per heavy atom. The molecule has 8 heteroatoms. The molecule has 4 unspecified atom stereocenters. The van der Waals surface area contributed by atoms with Crippen LogP contribution in [0.5, 0.6) is 0 Å². The van der Waals surface area contributed by atoms with Crippen molar-refractivity contribution >= 4 is 35.0 Å². The number of fused-ring (bicyclic) bond motifs is 3. The Morgan fingerprint density at radius 3 is 2.39 bits per heavy atom. The number of para-hydroxylation sites is 1. The van der Waals surface area contributed by atoms with Crippen molar-refractivity contribution in [1.29, 1.82) is 0 Å². The van der Waals surface area contributed by atoms with Gasteiger partial charge in [0, 0.05) is 47.6 Å². The maximum atomic E-state index is 13.3. The van der Waals surface area contributed by atoms with Gasteiger partial charge in [-0.25, -0.2) is 9.59 Å². The van der Waals surface area contributed by atoms with Crippen LogP contribution in [-0.2, 0) is 0 Å². The SMILES string of the molecule is O=C(Nc1ccc(Cl)cc1)N(CCCN1C2CCC1CC(N1C(=O)NC3CCCCC31)C2)c1ccccc1. The highest BCUT2D eigenvalue weighted by Gasteiger charge is 2.49. The Bertz CT molecular complexity index is 1120. The second-order valence-corrected chi connectivity index (χ2v) is 11.8. The number of anilines is 2. The summed E-state index contributed by atoms with van der Waals surface area (Å²) in [5, 5.41) is 6.95. The van der Waals surface area contributed by atoms with Gasteiger partial charge in [0.25, 0.3) is 0 Å². The fourth-order valence-electron chi connectivity index (χ4n) is 7.36. The van der Waals surface area contributed by atoms with Gasteiger partial charge in [0.05, 0.1) is 12.1 Å². The molecule has 2 aromatic carbocycles. The fraction of sp³-hybridized carbons (Fsp3) is 0.533. The Hall–Kier alpha value is -2.77. The third-order valence-electron chi connectivity index (χ3n) is 9.09. The largest absolute Gasteiger partial charge is 0.333 e. The maximum Gasteiger partial charge on any atom is 0.326 e. The molecule has 4 amide bonds. The van der Waals surface area contributed by atoms with Crippen LogP contribution >= 0.6 is 11.6 Å². The van der Waals surface area contributed by atoms with Crippen LogP contribution in [0.1, 0.15) is 57.8 Å². The minimum Gasteiger partial charge on any atom is -0.333 e. The zero-order chi connectivity index (χ0) is 26.1. The van der Waals surface area contributed by atoms with E-state index in [4.69, 9.17) is 11.6 Å². The highest BCUT2D eigenvalue weighted by molar-refractivity contribution is 6.30. The van der Waals surface area contributed by atoms with E-state index < -0.39 is 0 Å². The molecular formula is C30H38ClN5O2.